The van der Waals surface area contributed by atoms with Gasteiger partial charge in [0.1, 0.15) is 5.75 Å². The number of aromatic nitrogens is 1. The fourth-order valence-corrected chi connectivity index (χ4v) is 2.79. The van der Waals surface area contributed by atoms with E-state index in [1.54, 1.807) is 24.3 Å². The second kappa shape index (κ2) is 5.18. The second-order valence-corrected chi connectivity index (χ2v) is 5.41. The zero-order valence-electron chi connectivity index (χ0n) is 12.2. The molecule has 0 bridgehead atoms. The van der Waals surface area contributed by atoms with Gasteiger partial charge in [-0.25, -0.2) is 0 Å². The van der Waals surface area contributed by atoms with E-state index in [2.05, 4.69) is 10.3 Å². The summed E-state index contributed by atoms with van der Waals surface area (Å²) in [6.07, 6.45) is 0. The lowest BCUT2D eigenvalue weighted by Crippen LogP contribution is -2.11. The summed E-state index contributed by atoms with van der Waals surface area (Å²) in [6, 6.07) is 20.4. The minimum absolute atomic E-state index is 0.0440. The second-order valence-electron chi connectivity index (χ2n) is 5.41. The Hall–Kier alpha value is -3.27. The molecule has 0 aliphatic rings. The highest BCUT2D eigenvalue weighted by Crippen LogP contribution is 2.31. The Morgan fingerprint density at radius 1 is 0.870 bits per heavy atom. The zero-order chi connectivity index (χ0) is 15.8. The lowest BCUT2D eigenvalue weighted by atomic mass is 10.1. The Balaban J connectivity index is 1.81. The van der Waals surface area contributed by atoms with Crippen LogP contribution in [0.15, 0.2) is 66.7 Å². The number of phenolic OH excluding ortho intramolecular Hbond substituents is 1. The van der Waals surface area contributed by atoms with Crippen molar-refractivity contribution in [1.29, 1.82) is 0 Å². The minimum atomic E-state index is -0.333. The average Bonchev–Trinajstić information content (AvgIpc) is 2.92. The maximum Gasteiger partial charge on any atom is 0.259 e. The number of phenols is 1. The van der Waals surface area contributed by atoms with Crippen LogP contribution in [-0.4, -0.2) is 16.0 Å². The highest BCUT2D eigenvalue weighted by atomic mass is 16.3. The largest absolute Gasteiger partial charge is 0.507 e. The standard InChI is InChI=1S/C19H14N2O2/c22-18-11-17-14(13-8-4-5-9-16(13)21-17)10-15(18)19(23)20-12-6-2-1-3-7-12/h1-11,21-22H,(H,20,23). The van der Waals surface area contributed by atoms with Crippen molar-refractivity contribution < 1.29 is 9.90 Å². The summed E-state index contributed by atoms with van der Waals surface area (Å²) >= 11 is 0. The molecule has 1 amide bonds. The van der Waals surface area contributed by atoms with E-state index in [1.165, 1.54) is 0 Å². The van der Waals surface area contributed by atoms with Gasteiger partial charge in [0.05, 0.1) is 11.1 Å². The molecule has 0 fully saturated rings. The molecule has 0 saturated heterocycles. The van der Waals surface area contributed by atoms with Crippen molar-refractivity contribution >= 4 is 33.4 Å². The summed E-state index contributed by atoms with van der Waals surface area (Å²) < 4.78 is 0. The first-order chi connectivity index (χ1) is 11.2. The molecule has 4 heteroatoms. The normalized spacial score (nSPS) is 11.0. The van der Waals surface area contributed by atoms with E-state index in [0.29, 0.717) is 5.69 Å². The van der Waals surface area contributed by atoms with Crippen molar-refractivity contribution in [3.63, 3.8) is 0 Å². The zero-order valence-corrected chi connectivity index (χ0v) is 12.2. The molecule has 0 unspecified atom stereocenters. The van der Waals surface area contributed by atoms with Crippen LogP contribution in [0.25, 0.3) is 21.8 Å². The highest BCUT2D eigenvalue weighted by molar-refractivity contribution is 6.13. The summed E-state index contributed by atoms with van der Waals surface area (Å²) in [6.45, 7) is 0. The highest BCUT2D eigenvalue weighted by Gasteiger charge is 2.15. The molecule has 1 heterocycles. The monoisotopic (exact) mass is 302 g/mol. The van der Waals surface area contributed by atoms with Gasteiger partial charge in [-0.05, 0) is 24.3 Å². The lowest BCUT2D eigenvalue weighted by Gasteiger charge is -2.07. The number of aromatic amines is 1. The molecule has 1 aromatic heterocycles. The van der Waals surface area contributed by atoms with Crippen molar-refractivity contribution in [3.8, 4) is 5.75 Å². The van der Waals surface area contributed by atoms with E-state index < -0.39 is 0 Å². The minimum Gasteiger partial charge on any atom is -0.507 e. The Bertz CT molecular complexity index is 1020. The van der Waals surface area contributed by atoms with Gasteiger partial charge in [-0.3, -0.25) is 4.79 Å². The summed E-state index contributed by atoms with van der Waals surface area (Å²) in [5.41, 5.74) is 2.73. The molecular formula is C19H14N2O2. The van der Waals surface area contributed by atoms with Gasteiger partial charge in [0.25, 0.3) is 5.91 Å². The van der Waals surface area contributed by atoms with Gasteiger partial charge >= 0.3 is 0 Å². The average molecular weight is 302 g/mol. The molecule has 4 nitrogen and oxygen atoms in total. The molecule has 0 aliphatic carbocycles. The Morgan fingerprint density at radius 3 is 2.43 bits per heavy atom. The summed E-state index contributed by atoms with van der Waals surface area (Å²) in [7, 11) is 0. The summed E-state index contributed by atoms with van der Waals surface area (Å²) in [4.78, 5) is 15.7. The lowest BCUT2D eigenvalue weighted by molar-refractivity contribution is 0.102. The van der Waals surface area contributed by atoms with Crippen LogP contribution in [0.3, 0.4) is 0 Å². The van der Waals surface area contributed by atoms with E-state index in [1.807, 2.05) is 42.5 Å². The molecule has 4 rings (SSSR count). The molecule has 23 heavy (non-hydrogen) atoms. The SMILES string of the molecule is O=C(Nc1ccccc1)c1cc2c(cc1O)[nH]c1ccccc12. The number of H-pyrrole nitrogens is 1. The van der Waals surface area contributed by atoms with Crippen LogP contribution in [0, 0.1) is 0 Å². The van der Waals surface area contributed by atoms with Gasteiger partial charge in [0, 0.05) is 28.0 Å². The number of carbonyl (C=O) groups is 1. The summed E-state index contributed by atoms with van der Waals surface area (Å²) in [5.74, 6) is -0.377. The molecule has 0 spiro atoms. The first kappa shape index (κ1) is 13.4. The topological polar surface area (TPSA) is 65.1 Å². The number of anilines is 1. The van der Waals surface area contributed by atoms with Gasteiger partial charge in [-0.15, -0.1) is 0 Å². The number of fused-ring (bicyclic) bond motifs is 3. The van der Waals surface area contributed by atoms with Crippen LogP contribution in [0.4, 0.5) is 5.69 Å². The number of hydrogen-bond donors (Lipinski definition) is 3. The van der Waals surface area contributed by atoms with Crippen LogP contribution >= 0.6 is 0 Å². The van der Waals surface area contributed by atoms with Gasteiger partial charge < -0.3 is 15.4 Å². The molecule has 0 radical (unpaired) electrons. The quantitative estimate of drug-likeness (QED) is 0.517. The van der Waals surface area contributed by atoms with Crippen molar-refractivity contribution in [2.45, 2.75) is 0 Å². The van der Waals surface area contributed by atoms with Gasteiger partial charge in [0.2, 0.25) is 0 Å². The molecule has 3 N–H and O–H groups in total. The third-order valence-corrected chi connectivity index (χ3v) is 3.90. The predicted octanol–water partition coefficient (Wildman–Crippen LogP) is 4.28. The number of para-hydroxylation sites is 2. The molecular weight excluding hydrogens is 288 g/mol. The molecule has 4 aromatic rings. The molecule has 0 atom stereocenters. The number of hydrogen-bond acceptors (Lipinski definition) is 2. The fraction of sp³-hybridized carbons (Fsp3) is 0. The van der Waals surface area contributed by atoms with Gasteiger partial charge in [-0.1, -0.05) is 36.4 Å². The van der Waals surface area contributed by atoms with E-state index in [4.69, 9.17) is 0 Å². The number of carbonyl (C=O) groups excluding carboxylic acids is 1. The third-order valence-electron chi connectivity index (χ3n) is 3.90. The predicted molar refractivity (Wildman–Crippen MR) is 91.9 cm³/mol. The van der Waals surface area contributed by atoms with E-state index >= 15 is 0 Å². The first-order valence-corrected chi connectivity index (χ1v) is 7.32. The first-order valence-electron chi connectivity index (χ1n) is 7.32. The van der Waals surface area contributed by atoms with E-state index in [0.717, 1.165) is 21.8 Å². The van der Waals surface area contributed by atoms with Crippen LogP contribution < -0.4 is 5.32 Å². The number of rotatable bonds is 2. The van der Waals surface area contributed by atoms with Crippen LogP contribution in [0.5, 0.6) is 5.75 Å². The molecule has 0 aliphatic heterocycles. The molecule has 0 saturated carbocycles. The Morgan fingerprint density at radius 2 is 1.61 bits per heavy atom. The number of nitrogens with one attached hydrogen (secondary N) is 2. The molecule has 3 aromatic carbocycles. The van der Waals surface area contributed by atoms with Crippen LogP contribution in [-0.2, 0) is 0 Å². The Labute approximate surface area is 132 Å². The fourth-order valence-electron chi connectivity index (χ4n) is 2.79. The number of benzene rings is 3. The maximum atomic E-state index is 12.5. The third kappa shape index (κ3) is 2.30. The maximum absolute atomic E-state index is 12.5. The Kier molecular flexibility index (Phi) is 3.01. The van der Waals surface area contributed by atoms with Crippen molar-refractivity contribution in [1.82, 2.24) is 4.98 Å². The smallest absolute Gasteiger partial charge is 0.259 e. The number of aromatic hydroxyl groups is 1. The van der Waals surface area contributed by atoms with E-state index in [9.17, 15) is 9.90 Å². The van der Waals surface area contributed by atoms with Crippen molar-refractivity contribution in [3.05, 3.63) is 72.3 Å². The van der Waals surface area contributed by atoms with Crippen molar-refractivity contribution in [2.75, 3.05) is 5.32 Å². The van der Waals surface area contributed by atoms with E-state index in [-0.39, 0.29) is 17.2 Å². The van der Waals surface area contributed by atoms with Gasteiger partial charge in [0.15, 0.2) is 0 Å². The van der Waals surface area contributed by atoms with Gasteiger partial charge in [-0.2, -0.15) is 0 Å². The van der Waals surface area contributed by atoms with Crippen LogP contribution in [0.2, 0.25) is 0 Å². The summed E-state index contributed by atoms with van der Waals surface area (Å²) in [5, 5.41) is 14.9. The number of amides is 1. The van der Waals surface area contributed by atoms with Crippen LogP contribution in [0.1, 0.15) is 10.4 Å². The van der Waals surface area contributed by atoms with Crippen molar-refractivity contribution in [2.24, 2.45) is 0 Å². The molecule has 112 valence electrons.